The summed E-state index contributed by atoms with van der Waals surface area (Å²) in [5.74, 6) is 0. The van der Waals surface area contributed by atoms with Gasteiger partial charge in [-0.1, -0.05) is 0 Å². The number of nitrogens with one attached hydrogen (secondary N) is 2. The number of carbonyl (C=O) groups is 1. The van der Waals surface area contributed by atoms with E-state index in [1.807, 2.05) is 4.90 Å². The van der Waals surface area contributed by atoms with Gasteiger partial charge in [0.05, 0.1) is 0 Å². The molecule has 0 bridgehead atoms. The number of rotatable bonds is 0. The molecule has 0 atom stereocenters. The van der Waals surface area contributed by atoms with Crippen molar-refractivity contribution in [2.24, 2.45) is 0 Å². The molecule has 1 aromatic carbocycles. The van der Waals surface area contributed by atoms with E-state index in [0.29, 0.717) is 6.54 Å². The molecule has 0 aromatic heterocycles. The SMILES string of the molecule is CNC(=O)N1CCNc2ccc(I)cc2C1. The molecule has 1 aliphatic rings. The number of halogens is 1. The van der Waals surface area contributed by atoms with Crippen LogP contribution in [0, 0.1) is 3.57 Å². The average molecular weight is 331 g/mol. The Morgan fingerprint density at radius 3 is 3.12 bits per heavy atom. The summed E-state index contributed by atoms with van der Waals surface area (Å²) < 4.78 is 1.19. The molecular weight excluding hydrogens is 317 g/mol. The molecule has 1 aromatic rings. The quantitative estimate of drug-likeness (QED) is 0.713. The van der Waals surface area contributed by atoms with Gasteiger partial charge in [-0.3, -0.25) is 0 Å². The third-order valence-electron chi connectivity index (χ3n) is 2.63. The Kier molecular flexibility index (Phi) is 3.52. The second-order valence-electron chi connectivity index (χ2n) is 3.70. The number of fused-ring (bicyclic) bond motifs is 1. The fourth-order valence-corrected chi connectivity index (χ4v) is 2.36. The number of hydrogen-bond donors (Lipinski definition) is 2. The number of nitrogens with zero attached hydrogens (tertiary/aromatic N) is 1. The molecule has 0 spiro atoms. The molecule has 5 heteroatoms. The Bertz CT molecular complexity index is 408. The Balaban J connectivity index is 2.25. The summed E-state index contributed by atoms with van der Waals surface area (Å²) in [5, 5.41) is 6.00. The summed E-state index contributed by atoms with van der Waals surface area (Å²) in [4.78, 5) is 13.4. The topological polar surface area (TPSA) is 44.4 Å². The molecule has 2 rings (SSSR count). The minimum absolute atomic E-state index is 0.0199. The fraction of sp³-hybridized carbons (Fsp3) is 0.364. The monoisotopic (exact) mass is 331 g/mol. The van der Waals surface area contributed by atoms with Gasteiger partial charge >= 0.3 is 6.03 Å². The molecule has 2 amide bonds. The van der Waals surface area contributed by atoms with E-state index in [1.165, 1.54) is 9.13 Å². The van der Waals surface area contributed by atoms with Crippen LogP contribution >= 0.6 is 22.6 Å². The third-order valence-corrected chi connectivity index (χ3v) is 3.30. The molecule has 0 unspecified atom stereocenters. The second-order valence-corrected chi connectivity index (χ2v) is 4.95. The van der Waals surface area contributed by atoms with Crippen LogP contribution < -0.4 is 10.6 Å². The van der Waals surface area contributed by atoms with Crippen molar-refractivity contribution in [2.45, 2.75) is 6.54 Å². The van der Waals surface area contributed by atoms with Crippen molar-refractivity contribution in [1.29, 1.82) is 0 Å². The van der Waals surface area contributed by atoms with Crippen molar-refractivity contribution in [1.82, 2.24) is 10.2 Å². The first-order valence-electron chi connectivity index (χ1n) is 5.19. The first kappa shape index (κ1) is 11.5. The Hall–Kier alpha value is -0.980. The number of benzene rings is 1. The molecular formula is C11H14IN3O. The van der Waals surface area contributed by atoms with E-state index >= 15 is 0 Å². The summed E-state index contributed by atoms with van der Waals surface area (Å²) in [7, 11) is 1.66. The van der Waals surface area contributed by atoms with Crippen LogP contribution in [0.3, 0.4) is 0 Å². The first-order chi connectivity index (χ1) is 7.70. The molecule has 0 saturated carbocycles. The molecule has 2 N–H and O–H groups in total. The van der Waals surface area contributed by atoms with Gasteiger partial charge in [-0.05, 0) is 46.4 Å². The van der Waals surface area contributed by atoms with E-state index in [4.69, 9.17) is 0 Å². The van der Waals surface area contributed by atoms with Crippen molar-refractivity contribution in [3.8, 4) is 0 Å². The normalized spacial score (nSPS) is 14.8. The lowest BCUT2D eigenvalue weighted by atomic mass is 10.2. The summed E-state index contributed by atoms with van der Waals surface area (Å²) in [6.45, 7) is 2.19. The maximum absolute atomic E-state index is 11.6. The highest BCUT2D eigenvalue weighted by molar-refractivity contribution is 14.1. The standard InChI is InChI=1S/C11H14IN3O/c1-13-11(16)15-5-4-14-10-3-2-9(12)6-8(10)7-15/h2-3,6,14H,4-5,7H2,1H3,(H,13,16). The van der Waals surface area contributed by atoms with Crippen LogP contribution in [0.25, 0.3) is 0 Å². The van der Waals surface area contributed by atoms with Gasteiger partial charge in [0, 0.05) is 35.9 Å². The van der Waals surface area contributed by atoms with Gasteiger partial charge in [-0.15, -0.1) is 0 Å². The summed E-state index contributed by atoms with van der Waals surface area (Å²) in [5.41, 5.74) is 2.31. The maximum atomic E-state index is 11.6. The van der Waals surface area contributed by atoms with E-state index in [9.17, 15) is 4.79 Å². The minimum Gasteiger partial charge on any atom is -0.383 e. The van der Waals surface area contributed by atoms with E-state index in [-0.39, 0.29) is 6.03 Å². The van der Waals surface area contributed by atoms with Gasteiger partial charge < -0.3 is 15.5 Å². The lowest BCUT2D eigenvalue weighted by Crippen LogP contribution is -2.38. The molecule has 0 fully saturated rings. The zero-order chi connectivity index (χ0) is 11.5. The molecule has 0 saturated heterocycles. The summed E-state index contributed by atoms with van der Waals surface area (Å²) in [6, 6.07) is 6.24. The van der Waals surface area contributed by atoms with Crippen molar-refractivity contribution < 1.29 is 4.79 Å². The van der Waals surface area contributed by atoms with Gasteiger partial charge in [0.15, 0.2) is 0 Å². The largest absolute Gasteiger partial charge is 0.383 e. The van der Waals surface area contributed by atoms with Gasteiger partial charge in [-0.2, -0.15) is 0 Å². The highest BCUT2D eigenvalue weighted by Gasteiger charge is 2.17. The van der Waals surface area contributed by atoms with Gasteiger partial charge in [0.1, 0.15) is 0 Å². The molecule has 16 heavy (non-hydrogen) atoms. The number of urea groups is 1. The fourth-order valence-electron chi connectivity index (χ4n) is 1.81. The lowest BCUT2D eigenvalue weighted by Gasteiger charge is -2.19. The summed E-state index contributed by atoms with van der Waals surface area (Å²) in [6.07, 6.45) is 0. The number of amides is 2. The average Bonchev–Trinajstić information content (AvgIpc) is 2.49. The highest BCUT2D eigenvalue weighted by atomic mass is 127. The Labute approximate surface area is 109 Å². The Morgan fingerprint density at radius 2 is 2.38 bits per heavy atom. The molecule has 0 radical (unpaired) electrons. The van der Waals surface area contributed by atoms with Crippen molar-refractivity contribution in [3.63, 3.8) is 0 Å². The van der Waals surface area contributed by atoms with E-state index in [1.54, 1.807) is 7.05 Å². The van der Waals surface area contributed by atoms with E-state index < -0.39 is 0 Å². The number of anilines is 1. The van der Waals surface area contributed by atoms with Gasteiger partial charge in [0.2, 0.25) is 0 Å². The van der Waals surface area contributed by atoms with Gasteiger partial charge in [-0.25, -0.2) is 4.79 Å². The van der Waals surface area contributed by atoms with E-state index in [0.717, 1.165) is 18.8 Å². The molecule has 1 heterocycles. The third kappa shape index (κ3) is 2.40. The molecule has 1 aliphatic heterocycles. The van der Waals surface area contributed by atoms with Crippen molar-refractivity contribution in [2.75, 3.05) is 25.5 Å². The van der Waals surface area contributed by atoms with E-state index in [2.05, 4.69) is 51.4 Å². The maximum Gasteiger partial charge on any atom is 0.317 e. The second kappa shape index (κ2) is 4.90. The van der Waals surface area contributed by atoms with Gasteiger partial charge in [0.25, 0.3) is 0 Å². The van der Waals surface area contributed by atoms with Crippen molar-refractivity contribution in [3.05, 3.63) is 27.3 Å². The molecule has 4 nitrogen and oxygen atoms in total. The lowest BCUT2D eigenvalue weighted by molar-refractivity contribution is 0.200. The molecule has 0 aliphatic carbocycles. The first-order valence-corrected chi connectivity index (χ1v) is 6.27. The highest BCUT2D eigenvalue weighted by Crippen LogP contribution is 2.22. The van der Waals surface area contributed by atoms with Crippen LogP contribution in [0.15, 0.2) is 18.2 Å². The van der Waals surface area contributed by atoms with Crippen LogP contribution in [-0.2, 0) is 6.54 Å². The van der Waals surface area contributed by atoms with Crippen LogP contribution in [0.5, 0.6) is 0 Å². The van der Waals surface area contributed by atoms with Crippen molar-refractivity contribution >= 4 is 34.3 Å². The summed E-state index contributed by atoms with van der Waals surface area (Å²) >= 11 is 2.29. The number of carbonyl (C=O) groups excluding carboxylic acids is 1. The predicted molar refractivity (Wildman–Crippen MR) is 72.5 cm³/mol. The number of hydrogen-bond acceptors (Lipinski definition) is 2. The van der Waals surface area contributed by atoms with Crippen LogP contribution in [0.1, 0.15) is 5.56 Å². The molecule has 86 valence electrons. The van der Waals surface area contributed by atoms with Crippen LogP contribution in [0.2, 0.25) is 0 Å². The predicted octanol–water partition coefficient (Wildman–Crippen LogP) is 1.86. The minimum atomic E-state index is -0.0199. The zero-order valence-electron chi connectivity index (χ0n) is 9.09. The van der Waals surface area contributed by atoms with Crippen LogP contribution in [0.4, 0.5) is 10.5 Å². The van der Waals surface area contributed by atoms with Crippen LogP contribution in [-0.4, -0.2) is 31.1 Å². The Morgan fingerprint density at radius 1 is 1.56 bits per heavy atom. The smallest absolute Gasteiger partial charge is 0.317 e. The zero-order valence-corrected chi connectivity index (χ0v) is 11.2.